The van der Waals surface area contributed by atoms with Gasteiger partial charge < -0.3 is 15.5 Å². The molecule has 0 saturated carbocycles. The quantitative estimate of drug-likeness (QED) is 0.0288. The summed E-state index contributed by atoms with van der Waals surface area (Å²) in [4.78, 5) is 14.4. The number of hydrogen-bond acceptors (Lipinski definition) is 23. The molecule has 73 heavy (non-hydrogen) atoms. The Morgan fingerprint density at radius 1 is 0.740 bits per heavy atom. The number of imidazole rings is 1. The van der Waals surface area contributed by atoms with E-state index in [1.807, 2.05) is 6.07 Å². The van der Waals surface area contributed by atoms with Gasteiger partial charge >= 0.3 is 0 Å². The topological polar surface area (TPSA) is 428 Å². The number of aromatic hydroxyl groups is 2. The van der Waals surface area contributed by atoms with Crippen molar-refractivity contribution in [2.75, 3.05) is 16.8 Å². The van der Waals surface area contributed by atoms with Crippen molar-refractivity contribution < 1.29 is 66.9 Å². The maximum atomic E-state index is 13.4. The van der Waals surface area contributed by atoms with Crippen LogP contribution >= 0.6 is 23.1 Å². The fourth-order valence-electron chi connectivity index (χ4n) is 6.81. The van der Waals surface area contributed by atoms with E-state index < -0.39 is 112 Å². The minimum atomic E-state index is -5.48. The van der Waals surface area contributed by atoms with Gasteiger partial charge in [-0.3, -0.25) is 27.4 Å². The summed E-state index contributed by atoms with van der Waals surface area (Å²) in [5.41, 5.74) is -3.10. The zero-order chi connectivity index (χ0) is 52.8. The van der Waals surface area contributed by atoms with Crippen LogP contribution < -0.4 is 5.32 Å². The first-order valence-electron chi connectivity index (χ1n) is 19.8. The van der Waals surface area contributed by atoms with Gasteiger partial charge in [0, 0.05) is 22.3 Å². The molecule has 0 saturated heterocycles. The third kappa shape index (κ3) is 11.0. The van der Waals surface area contributed by atoms with E-state index in [1.165, 1.54) is 35.6 Å². The number of anilines is 1. The van der Waals surface area contributed by atoms with Gasteiger partial charge in [-0.25, -0.2) is 4.98 Å². The van der Waals surface area contributed by atoms with Crippen molar-refractivity contribution in [3.05, 3.63) is 102 Å². The molecule has 0 unspecified atom stereocenters. The molecule has 5 aromatic carbocycles. The van der Waals surface area contributed by atoms with E-state index in [4.69, 9.17) is 4.55 Å². The average Bonchev–Trinajstić information content (AvgIpc) is 3.94. The lowest BCUT2D eigenvalue weighted by Gasteiger charge is -2.13. The van der Waals surface area contributed by atoms with Crippen molar-refractivity contribution in [1.82, 2.24) is 19.6 Å². The number of nitrogens with zero attached hydrogens (tertiary/aromatic N) is 11. The highest BCUT2D eigenvalue weighted by Gasteiger charge is 2.28. The number of azo groups is 3. The molecule has 374 valence electrons. The molecule has 0 bridgehead atoms. The standard InChI is InChI=1S/C40H28N12O15S6/c1-19-23(18-41)36-42-24-9-5-6-10-29(24)52(36)38(55)33(19)47-45-27-15-22-21(13-30(27)71(59,60)61)14-32(73(65,66)67)34(35(22)53)48-46-28-16-25(43-37(54)20-7-3-2-4-8-20)26(17-31(28)72(62,63)64)44-49-39-50-51-40(69-39)68-11-12-70(56,57)58/h2-10,13-17,53,55H,11-12H2,1H3,(H,43,54)(H,56,57,58)(H,59,60,61)(H,62,63,64)(H,65,66,67). The highest BCUT2D eigenvalue weighted by Crippen LogP contribution is 2.46. The fraction of sp³-hybridized carbons (Fsp3) is 0.0750. The number of phenolic OH excluding ortho intramolecular Hbond substituents is 1. The summed E-state index contributed by atoms with van der Waals surface area (Å²) in [5, 5.41) is 65.3. The van der Waals surface area contributed by atoms with Crippen LogP contribution in [0.15, 0.2) is 135 Å². The van der Waals surface area contributed by atoms with Crippen LogP contribution in [-0.4, -0.2) is 99.1 Å². The van der Waals surface area contributed by atoms with Gasteiger partial charge in [-0.1, -0.05) is 53.4 Å². The molecule has 0 spiro atoms. The van der Waals surface area contributed by atoms with E-state index in [0.29, 0.717) is 29.2 Å². The Kier molecular flexibility index (Phi) is 13.9. The first-order chi connectivity index (χ1) is 34.3. The Bertz CT molecular complexity index is 4240. The summed E-state index contributed by atoms with van der Waals surface area (Å²) >= 11 is 1.69. The largest absolute Gasteiger partial charge is 0.505 e. The second-order valence-corrected chi connectivity index (χ2v) is 22.9. The molecule has 0 aliphatic heterocycles. The van der Waals surface area contributed by atoms with Crippen LogP contribution in [0, 0.1) is 18.3 Å². The van der Waals surface area contributed by atoms with Gasteiger partial charge in [-0.2, -0.15) is 38.9 Å². The predicted molar refractivity (Wildman–Crippen MR) is 259 cm³/mol. The van der Waals surface area contributed by atoms with Crippen LogP contribution in [0.2, 0.25) is 0 Å². The van der Waals surface area contributed by atoms with Gasteiger partial charge in [0.15, 0.2) is 21.4 Å². The van der Waals surface area contributed by atoms with Crippen LogP contribution in [0.25, 0.3) is 27.5 Å². The molecule has 0 radical (unpaired) electrons. The fourth-order valence-corrected chi connectivity index (χ4v) is 11.3. The van der Waals surface area contributed by atoms with E-state index in [1.54, 1.807) is 30.3 Å². The summed E-state index contributed by atoms with van der Waals surface area (Å²) in [6, 6.07) is 19.5. The molecule has 1 amide bonds. The maximum absolute atomic E-state index is 13.4. The van der Waals surface area contributed by atoms with Crippen molar-refractivity contribution in [2.45, 2.75) is 25.9 Å². The molecule has 3 aromatic heterocycles. The van der Waals surface area contributed by atoms with Crippen molar-refractivity contribution >= 4 is 136 Å². The smallest absolute Gasteiger partial charge is 0.296 e. The zero-order valence-corrected chi connectivity index (χ0v) is 41.1. The lowest BCUT2D eigenvalue weighted by atomic mass is 10.1. The number of nitriles is 1. The Morgan fingerprint density at radius 3 is 2.00 bits per heavy atom. The van der Waals surface area contributed by atoms with Crippen LogP contribution in [0.1, 0.15) is 21.5 Å². The van der Waals surface area contributed by atoms with Crippen LogP contribution in [-0.2, 0) is 40.5 Å². The molecule has 0 aliphatic rings. The minimum absolute atomic E-state index is 0.0331. The number of carbonyl (C=O) groups is 1. The Morgan fingerprint density at radius 2 is 1.34 bits per heavy atom. The Hall–Kier alpha value is -7.78. The van der Waals surface area contributed by atoms with E-state index in [0.717, 1.165) is 35.2 Å². The number of pyridine rings is 1. The van der Waals surface area contributed by atoms with Gasteiger partial charge in [-0.05, 0) is 66.9 Å². The summed E-state index contributed by atoms with van der Waals surface area (Å²) < 4.78 is 141. The van der Waals surface area contributed by atoms with Crippen molar-refractivity contribution in [1.29, 1.82) is 5.26 Å². The third-order valence-electron chi connectivity index (χ3n) is 10.1. The summed E-state index contributed by atoms with van der Waals surface area (Å²) in [5.74, 6) is -3.30. The van der Waals surface area contributed by atoms with E-state index in [9.17, 15) is 67.6 Å². The molecule has 8 aromatic rings. The van der Waals surface area contributed by atoms with Gasteiger partial charge in [0.1, 0.15) is 49.1 Å². The number of thioether (sulfide) groups is 1. The Labute approximate surface area is 418 Å². The van der Waals surface area contributed by atoms with Crippen LogP contribution in [0.3, 0.4) is 0 Å². The minimum Gasteiger partial charge on any atom is -0.505 e. The third-order valence-corrected chi connectivity index (χ3v) is 15.7. The second kappa shape index (κ2) is 19.7. The summed E-state index contributed by atoms with van der Waals surface area (Å²) in [6.45, 7) is 1.39. The van der Waals surface area contributed by atoms with Crippen LogP contribution in [0.5, 0.6) is 11.6 Å². The number of phenols is 1. The number of nitrogens with one attached hydrogen (secondary N) is 1. The van der Waals surface area contributed by atoms with E-state index in [2.05, 4.69) is 51.2 Å². The number of fused-ring (bicyclic) bond motifs is 4. The monoisotopic (exact) mass is 1110 g/mol. The maximum Gasteiger partial charge on any atom is 0.296 e. The number of amides is 1. The summed E-state index contributed by atoms with van der Waals surface area (Å²) in [6.07, 6.45) is 0. The lowest BCUT2D eigenvalue weighted by Crippen LogP contribution is -2.12. The SMILES string of the molecule is Cc1c(N=Nc2cc3c(O)c(N=Nc4cc(NC(=O)c5ccccc5)c(N=Nc5nnc(SCCS(=O)(=O)O)s5)cc4S(=O)(=O)O)c(S(=O)(=O)O)cc3cc2S(=O)(=O)O)c(O)n2c(nc3ccccc32)c1C#N. The van der Waals surface area contributed by atoms with Crippen molar-refractivity contribution in [2.24, 2.45) is 30.7 Å². The molecule has 0 aliphatic carbocycles. The van der Waals surface area contributed by atoms with Gasteiger partial charge in [0.25, 0.3) is 51.5 Å². The summed E-state index contributed by atoms with van der Waals surface area (Å²) in [7, 11) is -20.4. The van der Waals surface area contributed by atoms with E-state index >= 15 is 0 Å². The average molecular weight is 1110 g/mol. The molecular formula is C40H28N12O15S6. The number of carbonyl (C=O) groups excluding carboxylic acids is 1. The van der Waals surface area contributed by atoms with Crippen molar-refractivity contribution in [3.8, 4) is 17.7 Å². The predicted octanol–water partition coefficient (Wildman–Crippen LogP) is 8.30. The Balaban J connectivity index is 1.26. The molecule has 0 fully saturated rings. The van der Waals surface area contributed by atoms with Crippen LogP contribution in [0.4, 0.5) is 39.3 Å². The lowest BCUT2D eigenvalue weighted by molar-refractivity contribution is 0.102. The molecule has 27 nitrogen and oxygen atoms in total. The first-order valence-corrected chi connectivity index (χ1v) is 27.6. The van der Waals surface area contributed by atoms with Crippen molar-refractivity contribution in [3.63, 3.8) is 0 Å². The number of benzene rings is 5. The number of hydrogen-bond donors (Lipinski definition) is 7. The highest BCUT2D eigenvalue weighted by molar-refractivity contribution is 8.01. The number of aromatic nitrogens is 4. The molecule has 33 heteroatoms. The highest BCUT2D eigenvalue weighted by atomic mass is 32.2. The first kappa shape index (κ1) is 51.6. The molecular weight excluding hydrogens is 1080 g/mol. The van der Waals surface area contributed by atoms with E-state index in [-0.39, 0.29) is 48.9 Å². The van der Waals surface area contributed by atoms with Gasteiger partial charge in [0.2, 0.25) is 5.88 Å². The molecule has 7 N–H and O–H groups in total. The normalized spacial score (nSPS) is 12.8. The molecule has 0 atom stereocenters. The number of rotatable bonds is 15. The van der Waals surface area contributed by atoms with Gasteiger partial charge in [0.05, 0.1) is 22.5 Å². The molecule has 8 rings (SSSR count). The second-order valence-electron chi connectivity index (χ2n) is 14.8. The molecule has 3 heterocycles. The van der Waals surface area contributed by atoms with Gasteiger partial charge in [-0.15, -0.1) is 40.9 Å². The zero-order valence-electron chi connectivity index (χ0n) is 36.2. The number of para-hydroxylation sites is 2.